The van der Waals surface area contributed by atoms with Crippen molar-refractivity contribution in [3.8, 4) is 0 Å². The Bertz CT molecular complexity index is 636. The van der Waals surface area contributed by atoms with Gasteiger partial charge in [0.05, 0.1) is 6.54 Å². The highest BCUT2D eigenvalue weighted by Gasteiger charge is 2.60. The van der Waals surface area contributed by atoms with Crippen LogP contribution in [0.5, 0.6) is 0 Å². The average molecular weight is 322 g/mol. The number of ether oxygens (including phenoxy) is 1. The summed E-state index contributed by atoms with van der Waals surface area (Å²) in [6.07, 6.45) is 2.67. The molecule has 0 amide bonds. The molecule has 2 aromatic rings. The lowest BCUT2D eigenvalue weighted by Crippen LogP contribution is -2.51. The van der Waals surface area contributed by atoms with Crippen LogP contribution < -0.4 is 0 Å². The van der Waals surface area contributed by atoms with Crippen molar-refractivity contribution in [2.45, 2.75) is 45.1 Å². The summed E-state index contributed by atoms with van der Waals surface area (Å²) in [5.41, 5.74) is -0.397. The molecule has 1 aliphatic heterocycles. The van der Waals surface area contributed by atoms with E-state index in [9.17, 15) is 5.11 Å². The number of hydrogen-bond acceptors (Lipinski definition) is 4. The zero-order valence-corrected chi connectivity index (χ0v) is 13.7. The first-order valence-corrected chi connectivity index (χ1v) is 7.65. The van der Waals surface area contributed by atoms with Gasteiger partial charge in [-0.15, -0.1) is 0 Å². The minimum absolute atomic E-state index is 0.120. The molecule has 0 saturated carbocycles. The van der Waals surface area contributed by atoms with Crippen LogP contribution in [0.4, 0.5) is 0 Å². The monoisotopic (exact) mass is 321 g/mol. The van der Waals surface area contributed by atoms with Crippen molar-refractivity contribution < 1.29 is 9.84 Å². The first kappa shape index (κ1) is 15.5. The summed E-state index contributed by atoms with van der Waals surface area (Å²) in [5, 5.41) is 16.1. The molecule has 1 aromatic carbocycles. The summed E-state index contributed by atoms with van der Waals surface area (Å²) < 4.78 is 7.47. The van der Waals surface area contributed by atoms with Crippen molar-refractivity contribution in [1.29, 1.82) is 0 Å². The van der Waals surface area contributed by atoms with Gasteiger partial charge in [-0.3, -0.25) is 0 Å². The zero-order valence-electron chi connectivity index (χ0n) is 12.9. The van der Waals surface area contributed by atoms with Gasteiger partial charge in [0.1, 0.15) is 30.5 Å². The van der Waals surface area contributed by atoms with Crippen LogP contribution in [0.25, 0.3) is 0 Å². The quantitative estimate of drug-likeness (QED) is 0.880. The van der Waals surface area contributed by atoms with E-state index in [2.05, 4.69) is 10.1 Å². The summed E-state index contributed by atoms with van der Waals surface area (Å²) in [7, 11) is 0. The summed E-state index contributed by atoms with van der Waals surface area (Å²) >= 11 is 5.92. The number of aliphatic hydroxyl groups is 1. The van der Waals surface area contributed by atoms with Gasteiger partial charge in [0.25, 0.3) is 0 Å². The van der Waals surface area contributed by atoms with Crippen LogP contribution in [-0.2, 0) is 11.3 Å². The van der Waals surface area contributed by atoms with E-state index in [0.29, 0.717) is 11.6 Å². The molecule has 1 aliphatic rings. The van der Waals surface area contributed by atoms with E-state index >= 15 is 0 Å². The number of rotatable bonds is 4. The van der Waals surface area contributed by atoms with E-state index in [-0.39, 0.29) is 17.6 Å². The molecule has 1 N–H and O–H groups in total. The minimum atomic E-state index is -1.05. The van der Waals surface area contributed by atoms with Crippen molar-refractivity contribution in [3.63, 3.8) is 0 Å². The standard InChI is InChI=1S/C16H20ClN3O2/c1-15(2,3)16(21,8-20-10-18-9-19-20)14-13(22-14)11-4-6-12(17)7-5-11/h4-7,9-10,13-14,21H,8H2,1-3H3/t13-,14-,16-/m0/s1. The van der Waals surface area contributed by atoms with Crippen LogP contribution in [0.2, 0.25) is 5.02 Å². The van der Waals surface area contributed by atoms with Crippen molar-refractivity contribution in [3.05, 3.63) is 47.5 Å². The molecule has 0 bridgehead atoms. The summed E-state index contributed by atoms with van der Waals surface area (Å²) in [4.78, 5) is 3.94. The Morgan fingerprint density at radius 3 is 2.50 bits per heavy atom. The third-order valence-electron chi connectivity index (χ3n) is 4.33. The first-order valence-electron chi connectivity index (χ1n) is 7.27. The van der Waals surface area contributed by atoms with Crippen molar-refractivity contribution in [1.82, 2.24) is 14.8 Å². The second kappa shape index (κ2) is 5.33. The fraction of sp³-hybridized carbons (Fsp3) is 0.500. The van der Waals surface area contributed by atoms with E-state index in [1.165, 1.54) is 6.33 Å². The Morgan fingerprint density at radius 1 is 1.27 bits per heavy atom. The lowest BCUT2D eigenvalue weighted by molar-refractivity contribution is -0.0925. The first-order chi connectivity index (χ1) is 10.3. The molecule has 1 saturated heterocycles. The van der Waals surface area contributed by atoms with Crippen LogP contribution in [-0.4, -0.2) is 31.6 Å². The molecule has 0 spiro atoms. The fourth-order valence-electron chi connectivity index (χ4n) is 2.70. The van der Waals surface area contributed by atoms with E-state index in [1.807, 2.05) is 45.0 Å². The molecule has 0 radical (unpaired) electrons. The van der Waals surface area contributed by atoms with Gasteiger partial charge < -0.3 is 9.84 Å². The van der Waals surface area contributed by atoms with E-state index < -0.39 is 5.60 Å². The van der Waals surface area contributed by atoms with Crippen LogP contribution in [0, 0.1) is 5.41 Å². The largest absolute Gasteiger partial charge is 0.385 e. The van der Waals surface area contributed by atoms with E-state index in [4.69, 9.17) is 16.3 Å². The molecule has 0 aliphatic carbocycles. The van der Waals surface area contributed by atoms with Gasteiger partial charge in [-0.25, -0.2) is 9.67 Å². The third kappa shape index (κ3) is 2.76. The Balaban J connectivity index is 1.84. The molecule has 1 fully saturated rings. The Morgan fingerprint density at radius 2 is 1.95 bits per heavy atom. The Labute approximate surface area is 134 Å². The second-order valence-electron chi connectivity index (χ2n) is 6.80. The van der Waals surface area contributed by atoms with Crippen LogP contribution >= 0.6 is 11.6 Å². The number of epoxide rings is 1. The number of nitrogens with zero attached hydrogens (tertiary/aromatic N) is 3. The molecule has 3 rings (SSSR count). The van der Waals surface area contributed by atoms with Gasteiger partial charge in [0.2, 0.25) is 0 Å². The summed E-state index contributed by atoms with van der Waals surface area (Å²) in [5.74, 6) is 0. The van der Waals surface area contributed by atoms with Gasteiger partial charge in [-0.1, -0.05) is 44.5 Å². The molecule has 0 unspecified atom stereocenters. The predicted molar refractivity (Wildman–Crippen MR) is 83.5 cm³/mol. The maximum Gasteiger partial charge on any atom is 0.137 e. The molecule has 5 nitrogen and oxygen atoms in total. The van der Waals surface area contributed by atoms with E-state index in [0.717, 1.165) is 5.56 Å². The second-order valence-corrected chi connectivity index (χ2v) is 7.23. The van der Waals surface area contributed by atoms with Crippen LogP contribution in [0.15, 0.2) is 36.9 Å². The normalized spacial score (nSPS) is 24.0. The SMILES string of the molecule is CC(C)(C)[C@](O)(Cn1cncn1)[C@H]1O[C@H]1c1ccc(Cl)cc1. The van der Waals surface area contributed by atoms with Crippen molar-refractivity contribution in [2.24, 2.45) is 5.41 Å². The lowest BCUT2D eigenvalue weighted by atomic mass is 9.73. The maximum absolute atomic E-state index is 11.3. The topological polar surface area (TPSA) is 63.5 Å². The highest BCUT2D eigenvalue weighted by molar-refractivity contribution is 6.30. The highest BCUT2D eigenvalue weighted by atomic mass is 35.5. The smallest absolute Gasteiger partial charge is 0.137 e. The molecule has 1 aromatic heterocycles. The number of aromatic nitrogens is 3. The van der Waals surface area contributed by atoms with Gasteiger partial charge in [-0.2, -0.15) is 5.10 Å². The van der Waals surface area contributed by atoms with Gasteiger partial charge in [-0.05, 0) is 23.1 Å². The van der Waals surface area contributed by atoms with Crippen molar-refractivity contribution in [2.75, 3.05) is 0 Å². The van der Waals surface area contributed by atoms with Gasteiger partial charge >= 0.3 is 0 Å². The van der Waals surface area contributed by atoms with E-state index in [1.54, 1.807) is 11.0 Å². The zero-order chi connectivity index (χ0) is 16.0. The molecule has 6 heteroatoms. The lowest BCUT2D eigenvalue weighted by Gasteiger charge is -2.39. The fourth-order valence-corrected chi connectivity index (χ4v) is 2.82. The molecule has 22 heavy (non-hydrogen) atoms. The third-order valence-corrected chi connectivity index (χ3v) is 4.58. The molecule has 118 valence electrons. The Kier molecular flexibility index (Phi) is 3.75. The molecular formula is C16H20ClN3O2. The van der Waals surface area contributed by atoms with Crippen LogP contribution in [0.1, 0.15) is 32.4 Å². The number of benzene rings is 1. The molecular weight excluding hydrogens is 302 g/mol. The molecule has 2 heterocycles. The average Bonchev–Trinajstić information content (AvgIpc) is 3.09. The van der Waals surface area contributed by atoms with Gasteiger partial charge in [0.15, 0.2) is 0 Å². The van der Waals surface area contributed by atoms with Crippen LogP contribution in [0.3, 0.4) is 0 Å². The van der Waals surface area contributed by atoms with Gasteiger partial charge in [0, 0.05) is 5.02 Å². The minimum Gasteiger partial charge on any atom is -0.385 e. The van der Waals surface area contributed by atoms with Crippen molar-refractivity contribution >= 4 is 11.6 Å². The maximum atomic E-state index is 11.3. The predicted octanol–water partition coefficient (Wildman–Crippen LogP) is 2.85. The Hall–Kier alpha value is -1.43. The number of hydrogen-bond donors (Lipinski definition) is 1. The summed E-state index contributed by atoms with van der Waals surface area (Å²) in [6.45, 7) is 6.35. The molecule has 3 atom stereocenters. The summed E-state index contributed by atoms with van der Waals surface area (Å²) in [6, 6.07) is 7.55. The number of halogens is 1. The highest BCUT2D eigenvalue weighted by Crippen LogP contribution is 2.51.